The standard InChI is InChI=1S/C24H26F3N5O/c1-14(17-4-3-5-18(22(17)25)23(26)27)30-21-13-29-31-20-7-6-16(12-19(20)21)32-10-8-15(9-11-32)24(33)28-2/h3-7,12-15,23H,8-11H2,1-2H3,(H,28,33)(H,30,31)/t14-/m1/s1. The number of nitrogens with zero attached hydrogens (tertiary/aromatic N) is 3. The van der Waals surface area contributed by atoms with Crippen molar-refractivity contribution in [1.82, 2.24) is 15.5 Å². The molecule has 1 aliphatic rings. The number of alkyl halides is 2. The SMILES string of the molecule is CNC(=O)C1CCN(c2ccc3nncc(N[C@H](C)c4cccc(C(F)F)c4F)c3c2)CC1. The van der Waals surface area contributed by atoms with Gasteiger partial charge in [-0.1, -0.05) is 18.2 Å². The quantitative estimate of drug-likeness (QED) is 0.554. The molecule has 0 bridgehead atoms. The van der Waals surface area contributed by atoms with Crippen LogP contribution in [0, 0.1) is 11.7 Å². The van der Waals surface area contributed by atoms with Gasteiger partial charge < -0.3 is 15.5 Å². The number of hydrogen-bond donors (Lipinski definition) is 2. The third-order valence-corrected chi connectivity index (χ3v) is 6.23. The Labute approximate surface area is 190 Å². The summed E-state index contributed by atoms with van der Waals surface area (Å²) in [5, 5.41) is 14.9. The number of piperidine rings is 1. The normalized spacial score (nSPS) is 15.6. The molecule has 1 aliphatic heterocycles. The second kappa shape index (κ2) is 9.64. The molecule has 2 heterocycles. The first kappa shape index (κ1) is 22.8. The molecular weight excluding hydrogens is 431 g/mol. The highest BCUT2D eigenvalue weighted by Gasteiger charge is 2.25. The molecule has 0 unspecified atom stereocenters. The molecule has 1 atom stereocenters. The zero-order valence-corrected chi connectivity index (χ0v) is 18.5. The van der Waals surface area contributed by atoms with Gasteiger partial charge in [0.05, 0.1) is 29.0 Å². The zero-order chi connectivity index (χ0) is 23.5. The van der Waals surface area contributed by atoms with Gasteiger partial charge in [-0.15, -0.1) is 0 Å². The van der Waals surface area contributed by atoms with Crippen molar-refractivity contribution >= 4 is 28.2 Å². The molecule has 4 rings (SSSR count). The second-order valence-corrected chi connectivity index (χ2v) is 8.25. The predicted molar refractivity (Wildman–Crippen MR) is 122 cm³/mol. The van der Waals surface area contributed by atoms with E-state index in [9.17, 15) is 18.0 Å². The fourth-order valence-electron chi connectivity index (χ4n) is 4.34. The molecule has 1 aromatic heterocycles. The van der Waals surface area contributed by atoms with Crippen molar-refractivity contribution in [3.63, 3.8) is 0 Å². The van der Waals surface area contributed by atoms with Crippen molar-refractivity contribution in [3.05, 3.63) is 59.5 Å². The van der Waals surface area contributed by atoms with Crippen LogP contribution in [0.25, 0.3) is 10.9 Å². The van der Waals surface area contributed by atoms with Gasteiger partial charge in [0.2, 0.25) is 5.91 Å². The fourth-order valence-corrected chi connectivity index (χ4v) is 4.34. The highest BCUT2D eigenvalue weighted by atomic mass is 19.3. The van der Waals surface area contributed by atoms with Crippen LogP contribution in [0.15, 0.2) is 42.6 Å². The van der Waals surface area contributed by atoms with Gasteiger partial charge in [0.15, 0.2) is 0 Å². The van der Waals surface area contributed by atoms with Crippen LogP contribution >= 0.6 is 0 Å². The monoisotopic (exact) mass is 457 g/mol. The van der Waals surface area contributed by atoms with Crippen LogP contribution < -0.4 is 15.5 Å². The molecule has 9 heteroatoms. The number of fused-ring (bicyclic) bond motifs is 1. The van der Waals surface area contributed by atoms with Crippen LogP contribution in [-0.2, 0) is 4.79 Å². The van der Waals surface area contributed by atoms with E-state index in [1.807, 2.05) is 18.2 Å². The predicted octanol–water partition coefficient (Wildman–Crippen LogP) is 4.84. The lowest BCUT2D eigenvalue weighted by molar-refractivity contribution is -0.125. The lowest BCUT2D eigenvalue weighted by Gasteiger charge is -2.33. The van der Waals surface area contributed by atoms with Crippen molar-refractivity contribution in [3.8, 4) is 0 Å². The Balaban J connectivity index is 1.58. The molecule has 1 saturated heterocycles. The van der Waals surface area contributed by atoms with Gasteiger partial charge in [-0.3, -0.25) is 4.79 Å². The lowest BCUT2D eigenvalue weighted by Crippen LogP contribution is -2.39. The summed E-state index contributed by atoms with van der Waals surface area (Å²) in [4.78, 5) is 14.1. The number of rotatable bonds is 6. The van der Waals surface area contributed by atoms with E-state index in [1.165, 1.54) is 12.1 Å². The highest BCUT2D eigenvalue weighted by molar-refractivity contribution is 5.93. The number of anilines is 2. The molecule has 0 spiro atoms. The van der Waals surface area contributed by atoms with Crippen LogP contribution in [0.4, 0.5) is 24.5 Å². The Morgan fingerprint density at radius 2 is 1.88 bits per heavy atom. The van der Waals surface area contributed by atoms with Gasteiger partial charge in [0.1, 0.15) is 5.82 Å². The summed E-state index contributed by atoms with van der Waals surface area (Å²) < 4.78 is 40.9. The lowest BCUT2D eigenvalue weighted by atomic mass is 9.95. The van der Waals surface area contributed by atoms with E-state index in [2.05, 4.69) is 25.7 Å². The van der Waals surface area contributed by atoms with E-state index in [0.717, 1.165) is 43.1 Å². The molecule has 2 N–H and O–H groups in total. The zero-order valence-electron chi connectivity index (χ0n) is 18.5. The largest absolute Gasteiger partial charge is 0.377 e. The van der Waals surface area contributed by atoms with E-state index in [4.69, 9.17) is 0 Å². The van der Waals surface area contributed by atoms with E-state index in [-0.39, 0.29) is 17.4 Å². The fraction of sp³-hybridized carbons (Fsp3) is 0.375. The minimum atomic E-state index is -2.88. The summed E-state index contributed by atoms with van der Waals surface area (Å²) in [5.74, 6) is -0.805. The Morgan fingerprint density at radius 1 is 1.15 bits per heavy atom. The summed E-state index contributed by atoms with van der Waals surface area (Å²) in [5.41, 5.74) is 1.84. The van der Waals surface area contributed by atoms with Gasteiger partial charge in [-0.2, -0.15) is 10.2 Å². The number of hydrogen-bond acceptors (Lipinski definition) is 5. The van der Waals surface area contributed by atoms with Gasteiger partial charge >= 0.3 is 0 Å². The third kappa shape index (κ3) is 4.72. The molecule has 0 saturated carbocycles. The van der Waals surface area contributed by atoms with E-state index in [1.54, 1.807) is 20.2 Å². The Bertz CT molecular complexity index is 1150. The van der Waals surface area contributed by atoms with Crippen LogP contribution in [0.5, 0.6) is 0 Å². The molecular formula is C24H26F3N5O. The summed E-state index contributed by atoms with van der Waals surface area (Å²) in [6.45, 7) is 3.23. The smallest absolute Gasteiger partial charge is 0.266 e. The summed E-state index contributed by atoms with van der Waals surface area (Å²) >= 11 is 0. The molecule has 174 valence electrons. The number of amides is 1. The van der Waals surface area contributed by atoms with Crippen molar-refractivity contribution in [2.45, 2.75) is 32.2 Å². The molecule has 3 aromatic rings. The Kier molecular flexibility index (Phi) is 6.67. The van der Waals surface area contributed by atoms with E-state index >= 15 is 0 Å². The summed E-state index contributed by atoms with van der Waals surface area (Å²) in [7, 11) is 1.66. The first-order valence-electron chi connectivity index (χ1n) is 10.9. The number of carbonyl (C=O) groups excluding carboxylic acids is 1. The average molecular weight is 458 g/mol. The average Bonchev–Trinajstić information content (AvgIpc) is 2.83. The molecule has 33 heavy (non-hydrogen) atoms. The molecule has 1 fully saturated rings. The number of carbonyl (C=O) groups is 1. The minimum absolute atomic E-state index is 0.0227. The minimum Gasteiger partial charge on any atom is -0.377 e. The van der Waals surface area contributed by atoms with Crippen molar-refractivity contribution in [2.75, 3.05) is 30.4 Å². The molecule has 0 radical (unpaired) electrons. The van der Waals surface area contributed by atoms with Crippen LogP contribution in [0.2, 0.25) is 0 Å². The van der Waals surface area contributed by atoms with Crippen molar-refractivity contribution in [2.24, 2.45) is 5.92 Å². The number of benzene rings is 2. The molecule has 6 nitrogen and oxygen atoms in total. The molecule has 1 amide bonds. The van der Waals surface area contributed by atoms with Crippen LogP contribution in [0.1, 0.15) is 43.4 Å². The van der Waals surface area contributed by atoms with Gasteiger partial charge in [-0.25, -0.2) is 13.2 Å². The number of nitrogens with one attached hydrogen (secondary N) is 2. The maximum atomic E-state index is 14.6. The topological polar surface area (TPSA) is 70.2 Å². The first-order chi connectivity index (χ1) is 15.9. The summed E-state index contributed by atoms with van der Waals surface area (Å²) in [6.07, 6.45) is 0.216. The van der Waals surface area contributed by atoms with Crippen molar-refractivity contribution < 1.29 is 18.0 Å². The van der Waals surface area contributed by atoms with Gasteiger partial charge in [-0.05, 0) is 38.0 Å². The van der Waals surface area contributed by atoms with Crippen LogP contribution in [0.3, 0.4) is 0 Å². The maximum Gasteiger partial charge on any atom is 0.266 e. The number of aromatic nitrogens is 2. The van der Waals surface area contributed by atoms with E-state index in [0.29, 0.717) is 11.2 Å². The van der Waals surface area contributed by atoms with E-state index < -0.39 is 23.8 Å². The molecule has 2 aromatic carbocycles. The highest BCUT2D eigenvalue weighted by Crippen LogP contribution is 2.32. The maximum absolute atomic E-state index is 14.6. The third-order valence-electron chi connectivity index (χ3n) is 6.23. The van der Waals surface area contributed by atoms with Gasteiger partial charge in [0.25, 0.3) is 6.43 Å². The van der Waals surface area contributed by atoms with Gasteiger partial charge in [0, 0.05) is 42.7 Å². The first-order valence-corrected chi connectivity index (χ1v) is 10.9. The summed E-state index contributed by atoms with van der Waals surface area (Å²) in [6, 6.07) is 9.29. The molecule has 0 aliphatic carbocycles. The number of halogens is 3. The second-order valence-electron chi connectivity index (χ2n) is 8.25. The Hall–Kier alpha value is -3.36. The van der Waals surface area contributed by atoms with Crippen molar-refractivity contribution in [1.29, 1.82) is 0 Å². The Morgan fingerprint density at radius 3 is 2.58 bits per heavy atom. The van der Waals surface area contributed by atoms with Crippen LogP contribution in [-0.4, -0.2) is 36.2 Å².